The first-order chi connectivity index (χ1) is 9.82. The summed E-state index contributed by atoms with van der Waals surface area (Å²) in [5.74, 6) is -0.674. The van der Waals surface area contributed by atoms with E-state index in [0.29, 0.717) is 21.5 Å². The van der Waals surface area contributed by atoms with Crippen molar-refractivity contribution in [3.05, 3.63) is 28.2 Å². The fraction of sp³-hybridized carbons (Fsp3) is 0.429. The Kier molecular flexibility index (Phi) is 7.35. The van der Waals surface area contributed by atoms with Crippen LogP contribution in [0.3, 0.4) is 0 Å². The van der Waals surface area contributed by atoms with E-state index in [1.54, 1.807) is 18.2 Å². The van der Waals surface area contributed by atoms with Crippen molar-refractivity contribution in [2.75, 3.05) is 11.1 Å². The van der Waals surface area contributed by atoms with E-state index in [1.807, 2.05) is 13.8 Å². The number of carbonyl (C=O) groups excluding carboxylic acids is 1. The highest BCUT2D eigenvalue weighted by Gasteiger charge is 2.22. The number of rotatable bonds is 7. The van der Waals surface area contributed by atoms with Crippen LogP contribution in [0.5, 0.6) is 0 Å². The summed E-state index contributed by atoms with van der Waals surface area (Å²) in [7, 11) is 0. The predicted molar refractivity (Wildman–Crippen MR) is 88.4 cm³/mol. The summed E-state index contributed by atoms with van der Waals surface area (Å²) in [5, 5.41) is 11.9. The molecule has 1 unspecified atom stereocenters. The van der Waals surface area contributed by atoms with Crippen LogP contribution in [0.1, 0.15) is 20.3 Å². The molecule has 0 aromatic heterocycles. The molecule has 21 heavy (non-hydrogen) atoms. The molecule has 7 heteroatoms. The Bertz CT molecular complexity index is 503. The van der Waals surface area contributed by atoms with Crippen LogP contribution in [0.4, 0.5) is 5.69 Å². The zero-order chi connectivity index (χ0) is 16.0. The highest BCUT2D eigenvalue weighted by molar-refractivity contribution is 8.00. The van der Waals surface area contributed by atoms with Gasteiger partial charge >= 0.3 is 5.97 Å². The minimum atomic E-state index is -0.857. The average molecular weight is 350 g/mol. The molecule has 1 amide bonds. The van der Waals surface area contributed by atoms with Gasteiger partial charge < -0.3 is 10.4 Å². The minimum Gasteiger partial charge on any atom is -0.480 e. The number of aliphatic carboxylic acids is 1. The number of carboxylic acids is 1. The number of carbonyl (C=O) groups is 2. The predicted octanol–water partition coefficient (Wildman–Crippen LogP) is 4.16. The standard InChI is InChI=1S/C14H17Cl2NO3S/c1-8(2)13(14(19)20)21-7-6-11(18)17-12-9(15)4-3-5-10(12)16/h3-5,8,13H,6-7H2,1-2H3,(H,17,18)(H,19,20). The molecule has 0 bridgehead atoms. The van der Waals surface area contributed by atoms with Gasteiger partial charge in [0.05, 0.1) is 15.7 Å². The molecule has 0 aliphatic heterocycles. The van der Waals surface area contributed by atoms with E-state index >= 15 is 0 Å². The van der Waals surface area contributed by atoms with Gasteiger partial charge in [0.15, 0.2) is 0 Å². The highest BCUT2D eigenvalue weighted by Crippen LogP contribution is 2.30. The molecular weight excluding hydrogens is 333 g/mol. The summed E-state index contributed by atoms with van der Waals surface area (Å²) in [4.78, 5) is 22.9. The van der Waals surface area contributed by atoms with Crippen molar-refractivity contribution in [2.24, 2.45) is 5.92 Å². The second-order valence-corrected chi connectivity index (χ2v) is 6.83. The molecule has 0 saturated carbocycles. The van der Waals surface area contributed by atoms with Crippen molar-refractivity contribution >= 4 is 52.5 Å². The lowest BCUT2D eigenvalue weighted by molar-refractivity contribution is -0.137. The first-order valence-corrected chi connectivity index (χ1v) is 8.21. The Morgan fingerprint density at radius 3 is 2.33 bits per heavy atom. The monoisotopic (exact) mass is 349 g/mol. The van der Waals surface area contributed by atoms with Gasteiger partial charge in [0.2, 0.25) is 5.91 Å². The number of halogens is 2. The van der Waals surface area contributed by atoms with Crippen LogP contribution in [-0.4, -0.2) is 28.0 Å². The third-order valence-corrected chi connectivity index (χ3v) is 4.88. The molecular formula is C14H17Cl2NO3S. The van der Waals surface area contributed by atoms with E-state index < -0.39 is 11.2 Å². The van der Waals surface area contributed by atoms with Gasteiger partial charge in [-0.15, -0.1) is 11.8 Å². The summed E-state index contributed by atoms with van der Waals surface area (Å²) in [5.41, 5.74) is 0.384. The van der Waals surface area contributed by atoms with Crippen molar-refractivity contribution in [3.8, 4) is 0 Å². The first kappa shape index (κ1) is 18.1. The molecule has 1 atom stereocenters. The molecule has 1 rings (SSSR count). The van der Waals surface area contributed by atoms with Crippen molar-refractivity contribution in [1.29, 1.82) is 0 Å². The van der Waals surface area contributed by atoms with Crippen molar-refractivity contribution in [3.63, 3.8) is 0 Å². The summed E-state index contributed by atoms with van der Waals surface area (Å²) in [6.45, 7) is 3.69. The van der Waals surface area contributed by atoms with Crippen LogP contribution in [0, 0.1) is 5.92 Å². The SMILES string of the molecule is CC(C)C(SCCC(=O)Nc1c(Cl)cccc1Cl)C(=O)O. The molecule has 0 aliphatic rings. The van der Waals surface area contributed by atoms with E-state index in [0.717, 1.165) is 0 Å². The van der Waals surface area contributed by atoms with Gasteiger partial charge in [-0.1, -0.05) is 43.1 Å². The number of amides is 1. The summed E-state index contributed by atoms with van der Waals surface area (Å²) < 4.78 is 0. The van der Waals surface area contributed by atoms with Crippen LogP contribution >= 0.6 is 35.0 Å². The topological polar surface area (TPSA) is 66.4 Å². The Hall–Kier alpha value is -0.910. The maximum atomic E-state index is 11.8. The second-order valence-electron chi connectivity index (χ2n) is 4.77. The lowest BCUT2D eigenvalue weighted by Gasteiger charge is -2.15. The lowest BCUT2D eigenvalue weighted by Crippen LogP contribution is -2.23. The molecule has 0 aliphatic carbocycles. The molecule has 2 N–H and O–H groups in total. The number of carboxylic acid groups (broad SMARTS) is 1. The summed E-state index contributed by atoms with van der Waals surface area (Å²) in [6, 6.07) is 4.96. The van der Waals surface area contributed by atoms with Crippen LogP contribution < -0.4 is 5.32 Å². The molecule has 0 heterocycles. The van der Waals surface area contributed by atoms with Crippen molar-refractivity contribution < 1.29 is 14.7 Å². The fourth-order valence-corrected chi connectivity index (χ4v) is 3.22. The van der Waals surface area contributed by atoms with E-state index in [1.165, 1.54) is 11.8 Å². The summed E-state index contributed by atoms with van der Waals surface area (Å²) in [6.07, 6.45) is 0.197. The number of nitrogens with one attached hydrogen (secondary N) is 1. The molecule has 0 spiro atoms. The normalized spacial score (nSPS) is 12.2. The Morgan fingerprint density at radius 1 is 1.29 bits per heavy atom. The summed E-state index contributed by atoms with van der Waals surface area (Å²) >= 11 is 13.2. The number of hydrogen-bond acceptors (Lipinski definition) is 3. The van der Waals surface area contributed by atoms with E-state index in [9.17, 15) is 9.59 Å². The molecule has 1 aromatic rings. The average Bonchev–Trinajstić information content (AvgIpc) is 2.38. The molecule has 116 valence electrons. The van der Waals surface area contributed by atoms with Gasteiger partial charge in [0, 0.05) is 12.2 Å². The zero-order valence-electron chi connectivity index (χ0n) is 11.7. The quantitative estimate of drug-likeness (QED) is 0.775. The Labute approximate surface area is 138 Å². The number of thioether (sulfide) groups is 1. The van der Waals surface area contributed by atoms with Gasteiger partial charge in [0.1, 0.15) is 5.25 Å². The zero-order valence-corrected chi connectivity index (χ0v) is 14.1. The van der Waals surface area contributed by atoms with Gasteiger partial charge in [-0.25, -0.2) is 0 Å². The first-order valence-electron chi connectivity index (χ1n) is 6.41. The largest absolute Gasteiger partial charge is 0.480 e. The van der Waals surface area contributed by atoms with Crippen molar-refractivity contribution in [2.45, 2.75) is 25.5 Å². The third kappa shape index (κ3) is 5.77. The van der Waals surface area contributed by atoms with Crippen LogP contribution in [-0.2, 0) is 9.59 Å². The number of para-hydroxylation sites is 1. The highest BCUT2D eigenvalue weighted by atomic mass is 35.5. The Morgan fingerprint density at radius 2 is 1.86 bits per heavy atom. The van der Waals surface area contributed by atoms with Gasteiger partial charge in [-0.05, 0) is 18.1 Å². The Balaban J connectivity index is 2.50. The molecule has 1 aromatic carbocycles. The fourth-order valence-electron chi connectivity index (χ4n) is 1.65. The van der Waals surface area contributed by atoms with E-state index in [4.69, 9.17) is 28.3 Å². The van der Waals surface area contributed by atoms with E-state index in [2.05, 4.69) is 5.32 Å². The van der Waals surface area contributed by atoms with Gasteiger partial charge in [-0.3, -0.25) is 9.59 Å². The smallest absolute Gasteiger partial charge is 0.316 e. The number of anilines is 1. The van der Waals surface area contributed by atoms with E-state index in [-0.39, 0.29) is 18.2 Å². The molecule has 0 fully saturated rings. The number of hydrogen-bond donors (Lipinski definition) is 2. The number of benzene rings is 1. The third-order valence-electron chi connectivity index (χ3n) is 2.70. The molecule has 0 saturated heterocycles. The molecule has 0 radical (unpaired) electrons. The second kappa shape index (κ2) is 8.51. The maximum absolute atomic E-state index is 11.8. The minimum absolute atomic E-state index is 0.00794. The molecule has 4 nitrogen and oxygen atoms in total. The van der Waals surface area contributed by atoms with Gasteiger partial charge in [0.25, 0.3) is 0 Å². The van der Waals surface area contributed by atoms with Crippen LogP contribution in [0.25, 0.3) is 0 Å². The maximum Gasteiger partial charge on any atom is 0.316 e. The van der Waals surface area contributed by atoms with Crippen LogP contribution in [0.15, 0.2) is 18.2 Å². The lowest BCUT2D eigenvalue weighted by atomic mass is 10.1. The van der Waals surface area contributed by atoms with Crippen LogP contribution in [0.2, 0.25) is 10.0 Å². The van der Waals surface area contributed by atoms with Gasteiger partial charge in [-0.2, -0.15) is 0 Å². The van der Waals surface area contributed by atoms with Crippen molar-refractivity contribution in [1.82, 2.24) is 0 Å².